The second-order valence-electron chi connectivity index (χ2n) is 9.66. The Morgan fingerprint density at radius 1 is 0.474 bits per heavy atom. The number of para-hydroxylation sites is 2. The van der Waals surface area contributed by atoms with E-state index in [2.05, 4.69) is 114 Å². The molecule has 0 spiro atoms. The van der Waals surface area contributed by atoms with Crippen molar-refractivity contribution in [3.05, 3.63) is 134 Å². The van der Waals surface area contributed by atoms with Gasteiger partial charge in [0, 0.05) is 28.0 Å². The lowest BCUT2D eigenvalue weighted by atomic mass is 9.97. The molecule has 0 fully saturated rings. The van der Waals surface area contributed by atoms with Gasteiger partial charge in [-0.1, -0.05) is 72.8 Å². The monoisotopic (exact) mass is 486 g/mol. The zero-order chi connectivity index (χ0) is 25.1. The molecule has 0 N–H and O–H groups in total. The van der Waals surface area contributed by atoms with Gasteiger partial charge in [0.2, 0.25) is 0 Å². The first-order valence-corrected chi connectivity index (χ1v) is 12.8. The molecule has 38 heavy (non-hydrogen) atoms. The molecule has 178 valence electrons. The summed E-state index contributed by atoms with van der Waals surface area (Å²) in [5, 5.41) is 3.46. The summed E-state index contributed by atoms with van der Waals surface area (Å²) >= 11 is 0. The van der Waals surface area contributed by atoms with E-state index in [-0.39, 0.29) is 0 Å². The highest BCUT2D eigenvalue weighted by atomic mass is 16.3. The molecule has 0 amide bonds. The molecule has 0 aliphatic heterocycles. The van der Waals surface area contributed by atoms with Crippen LogP contribution in [-0.2, 0) is 0 Å². The van der Waals surface area contributed by atoms with Gasteiger partial charge in [-0.25, -0.2) is 0 Å². The number of pyridine rings is 1. The van der Waals surface area contributed by atoms with Crippen LogP contribution in [0, 0.1) is 0 Å². The third-order valence-electron chi connectivity index (χ3n) is 7.44. The fourth-order valence-electron chi connectivity index (χ4n) is 5.67. The van der Waals surface area contributed by atoms with Crippen LogP contribution < -0.4 is 0 Å². The summed E-state index contributed by atoms with van der Waals surface area (Å²) in [7, 11) is 0. The van der Waals surface area contributed by atoms with Gasteiger partial charge in [0.1, 0.15) is 11.2 Å². The molecular weight excluding hydrogens is 464 g/mol. The van der Waals surface area contributed by atoms with E-state index in [1.54, 1.807) is 0 Å². The van der Waals surface area contributed by atoms with Crippen LogP contribution in [-0.4, -0.2) is 9.55 Å². The predicted molar refractivity (Wildman–Crippen MR) is 157 cm³/mol. The molecule has 0 radical (unpaired) electrons. The van der Waals surface area contributed by atoms with Crippen LogP contribution in [0.3, 0.4) is 0 Å². The Bertz CT molecular complexity index is 2090. The van der Waals surface area contributed by atoms with Crippen LogP contribution in [0.15, 0.2) is 138 Å². The summed E-state index contributed by atoms with van der Waals surface area (Å²) in [6.07, 6.45) is 1.87. The Kier molecular flexibility index (Phi) is 4.52. The summed E-state index contributed by atoms with van der Waals surface area (Å²) in [4.78, 5) is 4.69. The molecule has 0 unspecified atom stereocenters. The normalized spacial score (nSPS) is 11.7. The van der Waals surface area contributed by atoms with E-state index in [0.29, 0.717) is 0 Å². The Morgan fingerprint density at radius 2 is 1.16 bits per heavy atom. The Balaban J connectivity index is 1.25. The molecule has 8 aromatic rings. The molecule has 0 bridgehead atoms. The molecule has 3 heteroatoms. The Hall–Kier alpha value is -5.15. The van der Waals surface area contributed by atoms with Gasteiger partial charge in [-0.2, -0.15) is 0 Å². The van der Waals surface area contributed by atoms with Crippen LogP contribution in [0.5, 0.6) is 0 Å². The van der Waals surface area contributed by atoms with Gasteiger partial charge in [-0.05, 0) is 76.9 Å². The minimum atomic E-state index is 0.916. The van der Waals surface area contributed by atoms with Gasteiger partial charge in [0.05, 0.1) is 16.6 Å². The standard InChI is InChI=1S/C35H22N2O/c1-3-14-31-29(13-1)35-32(15-7-19-36-35)37(31)27-11-6-10-25(21-27)23-8-5-9-24(20-23)26-17-18-34-30(22-26)28-12-2-4-16-33(28)38-34/h1-22H. The number of hydrogen-bond acceptors (Lipinski definition) is 2. The van der Waals surface area contributed by atoms with Gasteiger partial charge in [-0.3, -0.25) is 4.98 Å². The summed E-state index contributed by atoms with van der Waals surface area (Å²) in [5.41, 5.74) is 11.0. The van der Waals surface area contributed by atoms with Gasteiger partial charge in [-0.15, -0.1) is 0 Å². The fraction of sp³-hybridized carbons (Fsp3) is 0. The predicted octanol–water partition coefficient (Wildman–Crippen LogP) is 9.41. The molecule has 3 heterocycles. The number of benzene rings is 5. The van der Waals surface area contributed by atoms with Crippen molar-refractivity contribution in [2.24, 2.45) is 0 Å². The van der Waals surface area contributed by atoms with Crippen LogP contribution >= 0.6 is 0 Å². The van der Waals surface area contributed by atoms with Crippen molar-refractivity contribution < 1.29 is 4.42 Å². The van der Waals surface area contributed by atoms with Crippen molar-refractivity contribution in [1.82, 2.24) is 9.55 Å². The topological polar surface area (TPSA) is 31.0 Å². The van der Waals surface area contributed by atoms with Crippen LogP contribution in [0.4, 0.5) is 0 Å². The first-order valence-electron chi connectivity index (χ1n) is 12.8. The third-order valence-corrected chi connectivity index (χ3v) is 7.44. The molecular formula is C35H22N2O. The van der Waals surface area contributed by atoms with Crippen molar-refractivity contribution in [2.45, 2.75) is 0 Å². The highest BCUT2D eigenvalue weighted by Crippen LogP contribution is 2.35. The minimum absolute atomic E-state index is 0.916. The molecule has 8 rings (SSSR count). The first kappa shape index (κ1) is 21.0. The van der Waals surface area contributed by atoms with Crippen molar-refractivity contribution in [3.63, 3.8) is 0 Å². The summed E-state index contributed by atoms with van der Waals surface area (Å²) in [6, 6.07) is 44.8. The average Bonchev–Trinajstić information content (AvgIpc) is 3.53. The number of aromatic nitrogens is 2. The number of rotatable bonds is 3. The first-order chi connectivity index (χ1) is 18.8. The van der Waals surface area contributed by atoms with E-state index >= 15 is 0 Å². The lowest BCUT2D eigenvalue weighted by Crippen LogP contribution is -1.94. The SMILES string of the molecule is c1cc(-c2cccc(-n3c4ccccc4c4ncccc43)c2)cc(-c2ccc3oc4ccccc4c3c2)c1. The zero-order valence-electron chi connectivity index (χ0n) is 20.5. The summed E-state index contributed by atoms with van der Waals surface area (Å²) < 4.78 is 8.35. The summed E-state index contributed by atoms with van der Waals surface area (Å²) in [6.45, 7) is 0. The van der Waals surface area contributed by atoms with Crippen LogP contribution in [0.2, 0.25) is 0 Å². The Morgan fingerprint density at radius 3 is 2.05 bits per heavy atom. The minimum Gasteiger partial charge on any atom is -0.456 e. The van der Waals surface area contributed by atoms with Crippen molar-refractivity contribution in [1.29, 1.82) is 0 Å². The van der Waals surface area contributed by atoms with E-state index < -0.39 is 0 Å². The molecule has 3 nitrogen and oxygen atoms in total. The quantitative estimate of drug-likeness (QED) is 0.249. The van der Waals surface area contributed by atoms with Crippen LogP contribution in [0.25, 0.3) is 71.8 Å². The molecule has 0 atom stereocenters. The highest BCUT2D eigenvalue weighted by Gasteiger charge is 2.13. The van der Waals surface area contributed by atoms with Crippen molar-refractivity contribution >= 4 is 43.9 Å². The van der Waals surface area contributed by atoms with Gasteiger partial charge >= 0.3 is 0 Å². The highest BCUT2D eigenvalue weighted by molar-refractivity contribution is 6.07. The second-order valence-corrected chi connectivity index (χ2v) is 9.66. The number of hydrogen-bond donors (Lipinski definition) is 0. The van der Waals surface area contributed by atoms with Gasteiger partial charge in [0.25, 0.3) is 0 Å². The average molecular weight is 487 g/mol. The van der Waals surface area contributed by atoms with E-state index in [9.17, 15) is 0 Å². The molecule has 0 aliphatic carbocycles. The van der Waals surface area contributed by atoms with Gasteiger partial charge in [0.15, 0.2) is 0 Å². The summed E-state index contributed by atoms with van der Waals surface area (Å²) in [5.74, 6) is 0. The second kappa shape index (κ2) is 8.19. The number of nitrogens with zero attached hydrogens (tertiary/aromatic N) is 2. The maximum atomic E-state index is 6.04. The third kappa shape index (κ3) is 3.19. The zero-order valence-corrected chi connectivity index (χ0v) is 20.5. The van der Waals surface area contributed by atoms with E-state index in [1.807, 2.05) is 24.4 Å². The molecule has 5 aromatic carbocycles. The fourth-order valence-corrected chi connectivity index (χ4v) is 5.67. The molecule has 0 saturated carbocycles. The Labute approximate surface area is 219 Å². The van der Waals surface area contributed by atoms with E-state index in [0.717, 1.165) is 49.6 Å². The molecule has 0 saturated heterocycles. The van der Waals surface area contributed by atoms with E-state index in [1.165, 1.54) is 22.3 Å². The number of fused-ring (bicyclic) bond motifs is 6. The maximum absolute atomic E-state index is 6.04. The number of furan rings is 1. The smallest absolute Gasteiger partial charge is 0.135 e. The van der Waals surface area contributed by atoms with Crippen molar-refractivity contribution in [3.8, 4) is 27.9 Å². The van der Waals surface area contributed by atoms with Crippen LogP contribution in [0.1, 0.15) is 0 Å². The van der Waals surface area contributed by atoms with E-state index in [4.69, 9.17) is 9.40 Å². The maximum Gasteiger partial charge on any atom is 0.135 e. The molecule has 3 aromatic heterocycles. The lowest BCUT2D eigenvalue weighted by Gasteiger charge is -2.11. The van der Waals surface area contributed by atoms with Crippen molar-refractivity contribution in [2.75, 3.05) is 0 Å². The largest absolute Gasteiger partial charge is 0.456 e. The lowest BCUT2D eigenvalue weighted by molar-refractivity contribution is 0.669. The molecule has 0 aliphatic rings. The van der Waals surface area contributed by atoms with Gasteiger partial charge < -0.3 is 8.98 Å².